The molecule has 0 saturated carbocycles. The molecule has 0 atom stereocenters. The molecule has 0 heteroatoms. The van der Waals surface area contributed by atoms with Crippen molar-refractivity contribution in [2.24, 2.45) is 0 Å². The van der Waals surface area contributed by atoms with Gasteiger partial charge < -0.3 is 0 Å². The second-order valence-electron chi connectivity index (χ2n) is 0. The molecule has 0 spiro atoms. The van der Waals surface area contributed by atoms with E-state index in [1.54, 1.807) is 0 Å². The van der Waals surface area contributed by atoms with Gasteiger partial charge in [-0.3, -0.25) is 0 Å². The van der Waals surface area contributed by atoms with Crippen LogP contribution in [0.1, 0.15) is 50.3 Å². The molecule has 0 radical (unpaired) electrons. The lowest BCUT2D eigenvalue weighted by molar-refractivity contribution is 1.50. The van der Waals surface area contributed by atoms with Gasteiger partial charge >= 0.3 is 0 Å². The first-order valence-corrected chi connectivity index (χ1v) is 3.00. The van der Waals surface area contributed by atoms with Crippen molar-refractivity contribution in [3.05, 3.63) is 0 Å². The van der Waals surface area contributed by atoms with E-state index < -0.39 is 0 Å². The van der Waals surface area contributed by atoms with Crippen molar-refractivity contribution < 1.29 is 1.37 Å². The molecule has 0 aromatic rings. The molecule has 0 N–H and O–H groups in total. The normalized spacial score (nSPS) is 3.57. The Morgan fingerprint density at radius 1 is 0.714 bits per heavy atom. The molecule has 0 nitrogen and oxygen atoms in total. The van der Waals surface area contributed by atoms with Gasteiger partial charge in [0.1, 0.15) is 0 Å². The van der Waals surface area contributed by atoms with Crippen molar-refractivity contribution in [1.82, 2.24) is 0 Å². The third-order valence-corrected chi connectivity index (χ3v) is 0. The monoisotopic (exact) mass is 108 g/mol. The van der Waals surface area contributed by atoms with Crippen LogP contribution in [-0.2, 0) is 0 Å². The van der Waals surface area contributed by atoms with E-state index in [2.05, 4.69) is 0 Å². The summed E-state index contributed by atoms with van der Waals surface area (Å²) < 4.78 is 5.75. The maximum Gasteiger partial charge on any atom is 0.0194 e. The molecule has 0 aliphatic heterocycles. The average molecular weight is 108 g/mol. The maximum atomic E-state index is 5.75. The van der Waals surface area contributed by atoms with E-state index >= 15 is 0 Å². The molecular formula is C7H22. The topological polar surface area (TPSA) is 0 Å². The predicted molar refractivity (Wildman–Crippen MR) is 40.8 cm³/mol. The Balaban J connectivity index is -0.0000000133. The first-order chi connectivity index (χ1) is 4.00. The van der Waals surface area contributed by atoms with E-state index in [0.29, 0.717) is 0 Å². The molecule has 0 saturated heterocycles. The fourth-order valence-corrected chi connectivity index (χ4v) is 0. The summed E-state index contributed by atoms with van der Waals surface area (Å²) in [4.78, 5) is 0. The van der Waals surface area contributed by atoms with Crippen molar-refractivity contribution in [3.8, 4) is 0 Å². The fraction of sp³-hybridized carbons (Fsp3) is 1.00. The number of hydrogen-bond acceptors (Lipinski definition) is 0. The van der Waals surface area contributed by atoms with Crippen LogP contribution in [0.15, 0.2) is 0 Å². The van der Waals surface area contributed by atoms with Crippen LogP contribution in [0.3, 0.4) is 0 Å². The molecule has 0 bridgehead atoms. The highest BCUT2D eigenvalue weighted by Gasteiger charge is 0.936. The highest BCUT2D eigenvalue weighted by atomic mass is 13.0. The highest BCUT2D eigenvalue weighted by Crippen LogP contribution is 1.15. The summed E-state index contributed by atoms with van der Waals surface area (Å²) in [5, 5.41) is 0. The quantitative estimate of drug-likeness (QED) is 0.443. The van der Waals surface area contributed by atoms with Crippen LogP contribution in [-0.4, -0.2) is 0 Å². The van der Waals surface area contributed by atoms with Gasteiger partial charge in [-0.05, 0) is 0 Å². The lowest BCUT2D eigenvalue weighted by atomic mass is 11.0. The van der Waals surface area contributed by atoms with E-state index in [0.717, 1.165) is 0 Å². The third-order valence-electron chi connectivity index (χ3n) is 0. The SMILES string of the molecule is CC.CC.CC.[3H]C. The van der Waals surface area contributed by atoms with Crippen LogP contribution in [0.2, 0.25) is 0 Å². The Morgan fingerprint density at radius 2 is 0.714 bits per heavy atom. The smallest absolute Gasteiger partial charge is 0.0194 e. The van der Waals surface area contributed by atoms with Crippen LogP contribution in [0.5, 0.6) is 0 Å². The minimum absolute atomic E-state index is 1.25. The minimum atomic E-state index is 1.25. The first-order valence-electron chi connectivity index (χ1n) is 4.00. The van der Waals surface area contributed by atoms with E-state index in [1.165, 1.54) is 7.40 Å². The Bertz CT molecular complexity index is 4.35. The molecule has 7 heavy (non-hydrogen) atoms. The first kappa shape index (κ1) is 15.8. The molecule has 0 aromatic carbocycles. The van der Waals surface area contributed by atoms with Gasteiger partial charge in [-0.15, -0.1) is 0 Å². The van der Waals surface area contributed by atoms with Crippen molar-refractivity contribution >= 4 is 0 Å². The summed E-state index contributed by atoms with van der Waals surface area (Å²) in [6, 6.07) is 0. The Morgan fingerprint density at radius 3 is 0.714 bits per heavy atom. The maximum absolute atomic E-state index is 5.75. The molecule has 0 rings (SSSR count). The van der Waals surface area contributed by atoms with Gasteiger partial charge in [0, 0.05) is 1.37 Å². The second-order valence-corrected chi connectivity index (χ2v) is 0. The summed E-state index contributed by atoms with van der Waals surface area (Å²) in [7, 11) is 1.25. The van der Waals surface area contributed by atoms with E-state index in [4.69, 9.17) is 1.37 Å². The van der Waals surface area contributed by atoms with Gasteiger partial charge in [0.05, 0.1) is 0 Å². The van der Waals surface area contributed by atoms with Gasteiger partial charge in [0.15, 0.2) is 0 Å². The molecule has 0 aromatic heterocycles. The average Bonchev–Trinajstić information content (AvgIpc) is 2.03. The van der Waals surface area contributed by atoms with Gasteiger partial charge in [-0.1, -0.05) is 48.9 Å². The lowest BCUT2D eigenvalue weighted by Gasteiger charge is -1.07. The van der Waals surface area contributed by atoms with E-state index in [1.807, 2.05) is 41.5 Å². The van der Waals surface area contributed by atoms with Crippen molar-refractivity contribution in [1.29, 1.82) is 0 Å². The number of rotatable bonds is 0. The molecule has 0 aliphatic rings. The summed E-state index contributed by atoms with van der Waals surface area (Å²) in [6.07, 6.45) is 0. The van der Waals surface area contributed by atoms with E-state index in [-0.39, 0.29) is 0 Å². The Kier molecular flexibility index (Phi) is 0. The molecule has 0 unspecified atom stereocenters. The van der Waals surface area contributed by atoms with Crippen LogP contribution in [0, 0.1) is 0 Å². The van der Waals surface area contributed by atoms with Crippen LogP contribution in [0.4, 0.5) is 0 Å². The summed E-state index contributed by atoms with van der Waals surface area (Å²) in [5.41, 5.74) is 0. The van der Waals surface area contributed by atoms with Crippen molar-refractivity contribution in [3.63, 3.8) is 0 Å². The molecule has 0 fully saturated rings. The van der Waals surface area contributed by atoms with Gasteiger partial charge in [0.2, 0.25) is 0 Å². The molecule has 0 heterocycles. The third kappa shape index (κ3) is 0. The predicted octanol–water partition coefficient (Wildman–Crippen LogP) is 3.71. The summed E-state index contributed by atoms with van der Waals surface area (Å²) >= 11 is 0. The highest BCUT2D eigenvalue weighted by molar-refractivity contribution is 3.51. The Hall–Kier alpha value is 0. The van der Waals surface area contributed by atoms with Crippen LogP contribution in [0.25, 0.3) is 0 Å². The van der Waals surface area contributed by atoms with Crippen molar-refractivity contribution in [2.75, 3.05) is 0 Å². The lowest BCUT2D eigenvalue weighted by Crippen LogP contribution is -0.856. The zero-order valence-electron chi connectivity index (χ0n) is 8.00. The number of hydrogen-bond donors (Lipinski definition) is 0. The molecular weight excluding hydrogens is 84.1 g/mol. The van der Waals surface area contributed by atoms with Crippen LogP contribution < -0.4 is 0 Å². The molecule has 50 valence electrons. The van der Waals surface area contributed by atoms with Crippen LogP contribution >= 0.6 is 0 Å². The standard InChI is InChI=1S/3C2H6.CH4/c3*1-2;/h3*1-2H3;1H4/i;;;1T. The zero-order valence-corrected chi connectivity index (χ0v) is 7.00. The largest absolute Gasteiger partial charge is 0.0776 e. The Labute approximate surface area is 51.4 Å². The molecule has 0 amide bonds. The van der Waals surface area contributed by atoms with Crippen molar-refractivity contribution in [2.45, 2.75) is 48.9 Å². The van der Waals surface area contributed by atoms with E-state index in [9.17, 15) is 0 Å². The summed E-state index contributed by atoms with van der Waals surface area (Å²) in [6.45, 7) is 12.0. The minimum Gasteiger partial charge on any atom is -0.0776 e. The van der Waals surface area contributed by atoms with Gasteiger partial charge in [-0.2, -0.15) is 0 Å². The van der Waals surface area contributed by atoms with Gasteiger partial charge in [-0.25, -0.2) is 0 Å². The fourth-order valence-electron chi connectivity index (χ4n) is 0. The second kappa shape index (κ2) is 0. The molecule has 0 aliphatic carbocycles. The summed E-state index contributed by atoms with van der Waals surface area (Å²) in [5.74, 6) is 0. The van der Waals surface area contributed by atoms with Gasteiger partial charge in [0.25, 0.3) is 0 Å². The zero-order chi connectivity index (χ0) is 8.00.